The molecule has 0 saturated heterocycles. The van der Waals surface area contributed by atoms with Crippen LogP contribution in [0.15, 0.2) is 24.3 Å². The largest absolute Gasteiger partial charge is 0.490 e. The number of aromatic nitrogens is 2. The normalized spacial score (nSPS) is 14.2. The number of rotatable bonds is 5. The lowest BCUT2D eigenvalue weighted by Gasteiger charge is -2.11. The molecule has 1 aromatic carbocycles. The number of halogens is 1. The van der Waals surface area contributed by atoms with Crippen LogP contribution in [0, 0.1) is 6.92 Å². The van der Waals surface area contributed by atoms with E-state index in [4.69, 9.17) is 16.3 Å². The molecule has 0 spiro atoms. The van der Waals surface area contributed by atoms with Crippen LogP contribution in [0.1, 0.15) is 37.6 Å². The Morgan fingerprint density at radius 1 is 1.29 bits per heavy atom. The summed E-state index contributed by atoms with van der Waals surface area (Å²) in [5, 5.41) is 0.539. The highest BCUT2D eigenvalue weighted by molar-refractivity contribution is 6.30. The molecule has 110 valence electrons. The first-order chi connectivity index (χ1) is 10.2. The van der Waals surface area contributed by atoms with E-state index in [0.29, 0.717) is 11.3 Å². The van der Waals surface area contributed by atoms with Crippen molar-refractivity contribution in [2.45, 2.75) is 45.6 Å². The molecule has 1 heterocycles. The molecule has 1 aliphatic rings. The summed E-state index contributed by atoms with van der Waals surface area (Å²) in [7, 11) is 0. The standard InChI is InChI=1S/C17H19ClN2O/c1-3-5-15-19-16(11(2)17(18)20-15)12-6-4-7-14(10-12)21-13-8-9-13/h4,6-7,10,13H,3,5,8-9H2,1-2H3. The highest BCUT2D eigenvalue weighted by atomic mass is 35.5. The zero-order valence-corrected chi connectivity index (χ0v) is 13.2. The van der Waals surface area contributed by atoms with Crippen molar-refractivity contribution in [1.82, 2.24) is 9.97 Å². The van der Waals surface area contributed by atoms with E-state index in [9.17, 15) is 0 Å². The molecule has 21 heavy (non-hydrogen) atoms. The minimum absolute atomic E-state index is 0.394. The van der Waals surface area contributed by atoms with Crippen LogP contribution in [0.4, 0.5) is 0 Å². The Balaban J connectivity index is 1.98. The Hall–Kier alpha value is -1.61. The van der Waals surface area contributed by atoms with Gasteiger partial charge in [0.25, 0.3) is 0 Å². The Morgan fingerprint density at radius 3 is 2.81 bits per heavy atom. The topological polar surface area (TPSA) is 35.0 Å². The second kappa shape index (κ2) is 6.02. The highest BCUT2D eigenvalue weighted by Crippen LogP contribution is 2.31. The molecule has 3 rings (SSSR count). The van der Waals surface area contributed by atoms with E-state index in [1.807, 2.05) is 31.2 Å². The summed E-state index contributed by atoms with van der Waals surface area (Å²) in [4.78, 5) is 9.03. The second-order valence-corrected chi connectivity index (χ2v) is 5.86. The minimum atomic E-state index is 0.394. The van der Waals surface area contributed by atoms with Gasteiger partial charge >= 0.3 is 0 Å². The molecule has 2 aromatic rings. The summed E-state index contributed by atoms with van der Waals surface area (Å²) in [5.74, 6) is 1.71. The number of hydrogen-bond acceptors (Lipinski definition) is 3. The summed E-state index contributed by atoms with van der Waals surface area (Å²) in [6, 6.07) is 8.08. The van der Waals surface area contributed by atoms with Gasteiger partial charge in [0.05, 0.1) is 11.8 Å². The molecule has 0 radical (unpaired) electrons. The number of benzene rings is 1. The monoisotopic (exact) mass is 302 g/mol. The summed E-state index contributed by atoms with van der Waals surface area (Å²) < 4.78 is 5.86. The molecule has 0 bridgehead atoms. The van der Waals surface area contributed by atoms with Gasteiger partial charge in [-0.1, -0.05) is 30.7 Å². The van der Waals surface area contributed by atoms with Crippen LogP contribution < -0.4 is 4.74 Å². The van der Waals surface area contributed by atoms with Crippen molar-refractivity contribution in [3.63, 3.8) is 0 Å². The fourth-order valence-electron chi connectivity index (χ4n) is 2.24. The Bertz CT molecular complexity index is 653. The molecule has 3 nitrogen and oxygen atoms in total. The van der Waals surface area contributed by atoms with Crippen LogP contribution in [0.5, 0.6) is 5.75 Å². The van der Waals surface area contributed by atoms with Crippen molar-refractivity contribution >= 4 is 11.6 Å². The maximum absolute atomic E-state index is 6.26. The summed E-state index contributed by atoms with van der Waals surface area (Å²) in [5.41, 5.74) is 2.85. The highest BCUT2D eigenvalue weighted by Gasteiger charge is 2.23. The first-order valence-electron chi connectivity index (χ1n) is 7.47. The van der Waals surface area contributed by atoms with E-state index in [-0.39, 0.29) is 0 Å². The van der Waals surface area contributed by atoms with Gasteiger partial charge in [-0.15, -0.1) is 0 Å². The van der Waals surface area contributed by atoms with Crippen LogP contribution in [-0.4, -0.2) is 16.1 Å². The Labute approximate surface area is 130 Å². The van der Waals surface area contributed by atoms with Crippen molar-refractivity contribution in [3.8, 4) is 17.0 Å². The van der Waals surface area contributed by atoms with E-state index in [2.05, 4.69) is 16.9 Å². The van der Waals surface area contributed by atoms with Gasteiger partial charge in [0, 0.05) is 17.5 Å². The van der Waals surface area contributed by atoms with Crippen LogP contribution in [-0.2, 0) is 6.42 Å². The van der Waals surface area contributed by atoms with Gasteiger partial charge in [-0.05, 0) is 38.3 Å². The predicted octanol–water partition coefficient (Wildman–Crippen LogP) is 4.60. The van der Waals surface area contributed by atoms with Crippen LogP contribution in [0.25, 0.3) is 11.3 Å². The van der Waals surface area contributed by atoms with E-state index < -0.39 is 0 Å². The average Bonchev–Trinajstić information content (AvgIpc) is 3.27. The van der Waals surface area contributed by atoms with Crippen LogP contribution in [0.3, 0.4) is 0 Å². The third-order valence-electron chi connectivity index (χ3n) is 3.54. The molecule has 0 unspecified atom stereocenters. The number of aryl methyl sites for hydroxylation is 1. The van der Waals surface area contributed by atoms with Gasteiger partial charge in [-0.25, -0.2) is 9.97 Å². The second-order valence-electron chi connectivity index (χ2n) is 5.50. The van der Waals surface area contributed by atoms with Crippen molar-refractivity contribution in [2.75, 3.05) is 0 Å². The molecule has 1 aliphatic carbocycles. The van der Waals surface area contributed by atoms with Crippen molar-refractivity contribution in [1.29, 1.82) is 0 Å². The third kappa shape index (κ3) is 3.35. The molecule has 1 aromatic heterocycles. The molecule has 0 aliphatic heterocycles. The van der Waals surface area contributed by atoms with Crippen molar-refractivity contribution < 1.29 is 4.74 Å². The van der Waals surface area contributed by atoms with Crippen LogP contribution in [0.2, 0.25) is 5.15 Å². The Kier molecular flexibility index (Phi) is 4.11. The zero-order chi connectivity index (χ0) is 14.8. The number of ether oxygens (including phenoxy) is 1. The maximum atomic E-state index is 6.26. The quantitative estimate of drug-likeness (QED) is 0.757. The summed E-state index contributed by atoms with van der Waals surface area (Å²) in [6.07, 6.45) is 4.55. The van der Waals surface area contributed by atoms with E-state index >= 15 is 0 Å². The average molecular weight is 303 g/mol. The Morgan fingerprint density at radius 2 is 2.10 bits per heavy atom. The zero-order valence-electron chi connectivity index (χ0n) is 12.4. The summed E-state index contributed by atoms with van der Waals surface area (Å²) >= 11 is 6.26. The molecular formula is C17H19ClN2O. The van der Waals surface area contributed by atoms with Gasteiger partial charge < -0.3 is 4.74 Å². The van der Waals surface area contributed by atoms with Crippen LogP contribution >= 0.6 is 11.6 Å². The fourth-order valence-corrected chi connectivity index (χ4v) is 2.43. The fraction of sp³-hybridized carbons (Fsp3) is 0.412. The molecule has 0 amide bonds. The first kappa shape index (κ1) is 14.3. The van der Waals surface area contributed by atoms with Gasteiger partial charge in [-0.3, -0.25) is 0 Å². The van der Waals surface area contributed by atoms with E-state index in [1.165, 1.54) is 0 Å². The lowest BCUT2D eigenvalue weighted by molar-refractivity contribution is 0.303. The number of nitrogens with zero attached hydrogens (tertiary/aromatic N) is 2. The third-order valence-corrected chi connectivity index (χ3v) is 3.91. The lowest BCUT2D eigenvalue weighted by atomic mass is 10.1. The first-order valence-corrected chi connectivity index (χ1v) is 7.85. The molecule has 0 N–H and O–H groups in total. The van der Waals surface area contributed by atoms with Gasteiger partial charge in [0.2, 0.25) is 0 Å². The van der Waals surface area contributed by atoms with Gasteiger partial charge in [0.1, 0.15) is 16.7 Å². The SMILES string of the molecule is CCCc1nc(Cl)c(C)c(-c2cccc(OC3CC3)c2)n1. The lowest BCUT2D eigenvalue weighted by Crippen LogP contribution is -2.01. The minimum Gasteiger partial charge on any atom is -0.490 e. The molecule has 1 saturated carbocycles. The smallest absolute Gasteiger partial charge is 0.136 e. The van der Waals surface area contributed by atoms with E-state index in [1.54, 1.807) is 0 Å². The van der Waals surface area contributed by atoms with Crippen molar-refractivity contribution in [2.24, 2.45) is 0 Å². The maximum Gasteiger partial charge on any atom is 0.136 e. The predicted molar refractivity (Wildman–Crippen MR) is 84.9 cm³/mol. The molecule has 1 fully saturated rings. The van der Waals surface area contributed by atoms with Gasteiger partial charge in [0.15, 0.2) is 0 Å². The van der Waals surface area contributed by atoms with Crippen molar-refractivity contribution in [3.05, 3.63) is 40.8 Å². The molecule has 0 atom stereocenters. The molecular weight excluding hydrogens is 284 g/mol. The van der Waals surface area contributed by atoms with Gasteiger partial charge in [-0.2, -0.15) is 0 Å². The summed E-state index contributed by atoms with van der Waals surface area (Å²) in [6.45, 7) is 4.07. The molecule has 4 heteroatoms. The van der Waals surface area contributed by atoms with E-state index in [0.717, 1.165) is 54.1 Å². The number of hydrogen-bond donors (Lipinski definition) is 0.